The molecule has 0 fully saturated rings. The van der Waals surface area contributed by atoms with Gasteiger partial charge >= 0.3 is 0 Å². The van der Waals surface area contributed by atoms with E-state index in [-0.39, 0.29) is 0 Å². The van der Waals surface area contributed by atoms with Gasteiger partial charge in [-0.15, -0.1) is 0 Å². The monoisotopic (exact) mass is 412 g/mol. The van der Waals surface area contributed by atoms with Crippen molar-refractivity contribution in [2.75, 3.05) is 6.61 Å². The van der Waals surface area contributed by atoms with E-state index in [0.717, 1.165) is 31.9 Å². The Balaban J connectivity index is 1.87. The average Bonchev–Trinajstić information content (AvgIpc) is 2.61. The number of benzene rings is 3. The molecular weight excluding hydrogens is 396 g/mol. The molecule has 0 aliphatic carbocycles. The fourth-order valence-corrected chi connectivity index (χ4v) is 2.98. The van der Waals surface area contributed by atoms with Crippen LogP contribution in [0.4, 0.5) is 0 Å². The lowest BCUT2D eigenvalue weighted by molar-refractivity contribution is 0.363. The molecule has 126 valence electrons. The van der Waals surface area contributed by atoms with Gasteiger partial charge < -0.3 is 4.74 Å². The van der Waals surface area contributed by atoms with Crippen LogP contribution in [0.1, 0.15) is 16.7 Å². The fraction of sp³-hybridized carbons (Fsp3) is 0.0909. The van der Waals surface area contributed by atoms with Crippen LogP contribution in [0.2, 0.25) is 5.02 Å². The van der Waals surface area contributed by atoms with Crippen molar-refractivity contribution in [1.82, 2.24) is 0 Å². The van der Waals surface area contributed by atoms with E-state index < -0.39 is 0 Å². The number of ether oxygens (including phenoxy) is 1. The molecule has 25 heavy (non-hydrogen) atoms. The van der Waals surface area contributed by atoms with Crippen LogP contribution in [0, 0.1) is 6.92 Å². The highest BCUT2D eigenvalue weighted by Gasteiger charge is 2.06. The number of aryl methyl sites for hydroxylation is 1. The van der Waals surface area contributed by atoms with E-state index >= 15 is 0 Å². The maximum absolute atomic E-state index is 6.03. The van der Waals surface area contributed by atoms with Crippen molar-refractivity contribution in [2.45, 2.75) is 6.92 Å². The summed E-state index contributed by atoms with van der Waals surface area (Å²) in [6.45, 7) is 2.56. The van der Waals surface area contributed by atoms with E-state index in [0.29, 0.717) is 6.61 Å². The van der Waals surface area contributed by atoms with E-state index in [1.54, 1.807) is 0 Å². The summed E-state index contributed by atoms with van der Waals surface area (Å²) in [5, 5.41) is 0.731. The molecule has 0 aliphatic heterocycles. The Morgan fingerprint density at radius 2 is 1.60 bits per heavy atom. The summed E-state index contributed by atoms with van der Waals surface area (Å²) in [6, 6.07) is 24.2. The van der Waals surface area contributed by atoms with Crippen LogP contribution in [0.25, 0.3) is 5.57 Å². The molecule has 3 heteroatoms. The van der Waals surface area contributed by atoms with Crippen molar-refractivity contribution in [3.8, 4) is 5.75 Å². The van der Waals surface area contributed by atoms with Gasteiger partial charge in [-0.25, -0.2) is 0 Å². The second-order valence-corrected chi connectivity index (χ2v) is 7.11. The van der Waals surface area contributed by atoms with Crippen molar-refractivity contribution in [2.24, 2.45) is 0 Å². The van der Waals surface area contributed by atoms with Crippen molar-refractivity contribution in [3.05, 3.63) is 105 Å². The molecule has 0 spiro atoms. The SMILES string of the molecule is Cc1cccc(OCC=C(c2ccc(Cl)cc2)c2ccc(Br)cc2)c1. The summed E-state index contributed by atoms with van der Waals surface area (Å²) in [4.78, 5) is 0. The zero-order valence-corrected chi connectivity index (χ0v) is 16.2. The first-order valence-electron chi connectivity index (χ1n) is 8.03. The van der Waals surface area contributed by atoms with Gasteiger partial charge in [0.2, 0.25) is 0 Å². The zero-order chi connectivity index (χ0) is 17.6. The molecule has 0 radical (unpaired) electrons. The van der Waals surface area contributed by atoms with E-state index in [1.165, 1.54) is 5.56 Å². The average molecular weight is 414 g/mol. The Morgan fingerprint density at radius 3 is 2.24 bits per heavy atom. The number of halogens is 2. The molecule has 0 N–H and O–H groups in total. The Bertz CT molecular complexity index is 820. The minimum Gasteiger partial charge on any atom is -0.490 e. The highest BCUT2D eigenvalue weighted by Crippen LogP contribution is 2.26. The lowest BCUT2D eigenvalue weighted by Crippen LogP contribution is -1.97. The van der Waals surface area contributed by atoms with Crippen LogP contribution in [-0.2, 0) is 0 Å². The normalized spacial score (nSPS) is 11.4. The maximum atomic E-state index is 6.03. The molecule has 0 aromatic heterocycles. The van der Waals surface area contributed by atoms with E-state index in [4.69, 9.17) is 16.3 Å². The quantitative estimate of drug-likeness (QED) is 0.441. The van der Waals surface area contributed by atoms with Crippen LogP contribution in [0.15, 0.2) is 83.3 Å². The number of rotatable bonds is 5. The van der Waals surface area contributed by atoms with Crippen LogP contribution < -0.4 is 4.74 Å². The minimum absolute atomic E-state index is 0.497. The van der Waals surface area contributed by atoms with Crippen molar-refractivity contribution >= 4 is 33.1 Å². The lowest BCUT2D eigenvalue weighted by Gasteiger charge is -2.11. The Morgan fingerprint density at radius 1 is 0.960 bits per heavy atom. The highest BCUT2D eigenvalue weighted by atomic mass is 79.9. The van der Waals surface area contributed by atoms with Crippen LogP contribution >= 0.6 is 27.5 Å². The van der Waals surface area contributed by atoms with Crippen LogP contribution in [0.3, 0.4) is 0 Å². The van der Waals surface area contributed by atoms with E-state index in [9.17, 15) is 0 Å². The largest absolute Gasteiger partial charge is 0.490 e. The smallest absolute Gasteiger partial charge is 0.120 e. The fourth-order valence-electron chi connectivity index (χ4n) is 2.59. The van der Waals surface area contributed by atoms with Crippen molar-refractivity contribution in [1.29, 1.82) is 0 Å². The van der Waals surface area contributed by atoms with E-state index in [2.05, 4.69) is 47.1 Å². The van der Waals surface area contributed by atoms with Gasteiger partial charge in [0.1, 0.15) is 12.4 Å². The standard InChI is InChI=1S/C22H18BrClO/c1-16-3-2-4-21(15-16)25-14-13-22(17-5-9-19(23)10-6-17)18-7-11-20(24)12-8-18/h2-13,15H,14H2,1H3. The molecule has 3 aromatic carbocycles. The summed E-state index contributed by atoms with van der Waals surface area (Å²) in [5.74, 6) is 0.877. The van der Waals surface area contributed by atoms with Gasteiger partial charge in [-0.05, 0) is 71.7 Å². The van der Waals surface area contributed by atoms with Gasteiger partial charge in [0.05, 0.1) is 0 Å². The molecule has 0 aliphatic rings. The van der Waals surface area contributed by atoms with Crippen molar-refractivity contribution in [3.63, 3.8) is 0 Å². The van der Waals surface area contributed by atoms with Gasteiger partial charge in [0.15, 0.2) is 0 Å². The van der Waals surface area contributed by atoms with Gasteiger partial charge in [0, 0.05) is 9.50 Å². The number of hydrogen-bond donors (Lipinski definition) is 0. The predicted octanol–water partition coefficient (Wildman–Crippen LogP) is 6.92. The summed E-state index contributed by atoms with van der Waals surface area (Å²) >= 11 is 9.52. The molecule has 0 atom stereocenters. The molecule has 1 nitrogen and oxygen atoms in total. The van der Waals surface area contributed by atoms with Crippen LogP contribution in [-0.4, -0.2) is 6.61 Å². The first-order valence-corrected chi connectivity index (χ1v) is 9.20. The summed E-state index contributed by atoms with van der Waals surface area (Å²) in [5.41, 5.74) is 4.56. The Hall–Kier alpha value is -2.03. The third-order valence-corrected chi connectivity index (χ3v) is 4.62. The summed E-state index contributed by atoms with van der Waals surface area (Å²) in [7, 11) is 0. The van der Waals surface area contributed by atoms with Gasteiger partial charge in [0.25, 0.3) is 0 Å². The molecule has 0 saturated heterocycles. The molecular formula is C22H18BrClO. The minimum atomic E-state index is 0.497. The van der Waals surface area contributed by atoms with Gasteiger partial charge in [-0.2, -0.15) is 0 Å². The van der Waals surface area contributed by atoms with Gasteiger partial charge in [-0.1, -0.05) is 63.9 Å². The molecule has 3 rings (SSSR count). The molecule has 0 unspecified atom stereocenters. The second-order valence-electron chi connectivity index (χ2n) is 5.76. The zero-order valence-electron chi connectivity index (χ0n) is 13.9. The third-order valence-electron chi connectivity index (χ3n) is 3.84. The molecule has 3 aromatic rings. The van der Waals surface area contributed by atoms with Crippen LogP contribution in [0.5, 0.6) is 5.75 Å². The Labute approximate surface area is 162 Å². The van der Waals surface area contributed by atoms with Gasteiger partial charge in [-0.3, -0.25) is 0 Å². The molecule has 0 saturated carbocycles. The number of hydrogen-bond acceptors (Lipinski definition) is 1. The maximum Gasteiger partial charge on any atom is 0.120 e. The molecule has 0 heterocycles. The van der Waals surface area contributed by atoms with E-state index in [1.807, 2.05) is 54.6 Å². The summed E-state index contributed by atoms with van der Waals surface area (Å²) < 4.78 is 6.95. The lowest BCUT2D eigenvalue weighted by atomic mass is 9.98. The first kappa shape index (κ1) is 17.8. The van der Waals surface area contributed by atoms with Crippen molar-refractivity contribution < 1.29 is 4.74 Å². The first-order chi connectivity index (χ1) is 12.1. The third kappa shape index (κ3) is 4.97. The molecule has 0 amide bonds. The highest BCUT2D eigenvalue weighted by molar-refractivity contribution is 9.10. The summed E-state index contributed by atoms with van der Waals surface area (Å²) in [6.07, 6.45) is 2.11. The second kappa shape index (κ2) is 8.37. The Kier molecular flexibility index (Phi) is 5.95. The topological polar surface area (TPSA) is 9.23 Å². The predicted molar refractivity (Wildman–Crippen MR) is 109 cm³/mol. The molecule has 0 bridgehead atoms.